The van der Waals surface area contributed by atoms with Gasteiger partial charge in [-0.25, -0.2) is 0 Å². The van der Waals surface area contributed by atoms with E-state index >= 15 is 0 Å². The first kappa shape index (κ1) is 15.5. The molecular formula is C15H25N3OS. The van der Waals surface area contributed by atoms with Gasteiger partial charge in [-0.05, 0) is 49.8 Å². The van der Waals surface area contributed by atoms with Crippen LogP contribution in [0.15, 0.2) is 16.8 Å². The van der Waals surface area contributed by atoms with Gasteiger partial charge in [0.2, 0.25) is 5.91 Å². The van der Waals surface area contributed by atoms with Crippen molar-refractivity contribution in [2.24, 2.45) is 0 Å². The molecule has 2 rings (SSSR count). The van der Waals surface area contributed by atoms with Crippen LogP contribution in [-0.2, 0) is 4.79 Å². The van der Waals surface area contributed by atoms with Crippen molar-refractivity contribution in [1.29, 1.82) is 0 Å². The number of amides is 1. The summed E-state index contributed by atoms with van der Waals surface area (Å²) in [6, 6.07) is 2.43. The third kappa shape index (κ3) is 3.22. The molecule has 1 amide bonds. The first-order valence-electron chi connectivity index (χ1n) is 7.29. The lowest BCUT2D eigenvalue weighted by atomic mass is 10.1. The molecule has 4 nitrogen and oxygen atoms in total. The van der Waals surface area contributed by atoms with Crippen molar-refractivity contribution >= 4 is 17.2 Å². The van der Waals surface area contributed by atoms with E-state index < -0.39 is 0 Å². The zero-order valence-corrected chi connectivity index (χ0v) is 13.6. The van der Waals surface area contributed by atoms with Gasteiger partial charge < -0.3 is 9.80 Å². The number of thiophene rings is 1. The van der Waals surface area contributed by atoms with Crippen LogP contribution in [0.3, 0.4) is 0 Å². The monoisotopic (exact) mass is 295 g/mol. The average molecular weight is 295 g/mol. The van der Waals surface area contributed by atoms with Crippen LogP contribution in [0.5, 0.6) is 0 Å². The molecule has 1 saturated heterocycles. The minimum Gasteiger partial charge on any atom is -0.320 e. The summed E-state index contributed by atoms with van der Waals surface area (Å²) in [4.78, 5) is 16.8. The van der Waals surface area contributed by atoms with Gasteiger partial charge in [0.15, 0.2) is 0 Å². The summed E-state index contributed by atoms with van der Waals surface area (Å²) in [6.45, 7) is 5.05. The van der Waals surface area contributed by atoms with Crippen molar-refractivity contribution in [2.75, 3.05) is 20.6 Å². The van der Waals surface area contributed by atoms with Crippen molar-refractivity contribution in [3.8, 4) is 0 Å². The number of hydrogen-bond acceptors (Lipinski definition) is 4. The van der Waals surface area contributed by atoms with Crippen LogP contribution in [0.25, 0.3) is 0 Å². The topological polar surface area (TPSA) is 35.6 Å². The van der Waals surface area contributed by atoms with Crippen LogP contribution in [-0.4, -0.2) is 48.4 Å². The van der Waals surface area contributed by atoms with E-state index in [-0.39, 0.29) is 18.1 Å². The van der Waals surface area contributed by atoms with Gasteiger partial charge >= 0.3 is 0 Å². The fourth-order valence-corrected chi connectivity index (χ4v) is 3.20. The van der Waals surface area contributed by atoms with Crippen LogP contribution in [0.4, 0.5) is 0 Å². The van der Waals surface area contributed by atoms with Crippen molar-refractivity contribution in [3.05, 3.63) is 22.4 Å². The second-order valence-corrected chi connectivity index (χ2v) is 6.55. The first-order valence-corrected chi connectivity index (χ1v) is 8.24. The minimum absolute atomic E-state index is 0.0285. The number of nitrogens with zero attached hydrogens (tertiary/aromatic N) is 2. The zero-order chi connectivity index (χ0) is 14.7. The van der Waals surface area contributed by atoms with E-state index in [1.54, 1.807) is 11.3 Å². The molecule has 0 spiro atoms. The number of likely N-dealkylation sites (N-methyl/N-ethyl adjacent to an activating group) is 1. The lowest BCUT2D eigenvalue weighted by Crippen LogP contribution is -2.41. The average Bonchev–Trinajstić information content (AvgIpc) is 3.02. The summed E-state index contributed by atoms with van der Waals surface area (Å²) in [7, 11) is 4.11. The Morgan fingerprint density at radius 1 is 1.50 bits per heavy atom. The number of nitrogens with one attached hydrogen (secondary N) is 1. The maximum atomic E-state index is 12.6. The maximum absolute atomic E-state index is 12.6. The van der Waals surface area contributed by atoms with Crippen LogP contribution < -0.4 is 5.32 Å². The fourth-order valence-electron chi connectivity index (χ4n) is 2.52. The van der Waals surface area contributed by atoms with Gasteiger partial charge in [-0.3, -0.25) is 10.1 Å². The van der Waals surface area contributed by atoms with E-state index in [9.17, 15) is 4.79 Å². The highest BCUT2D eigenvalue weighted by atomic mass is 32.1. The third-order valence-electron chi connectivity index (χ3n) is 4.03. The molecule has 0 bridgehead atoms. The van der Waals surface area contributed by atoms with Crippen LogP contribution >= 0.6 is 11.3 Å². The maximum Gasteiger partial charge on any atom is 0.241 e. The molecular weight excluding hydrogens is 270 g/mol. The molecule has 1 aliphatic heterocycles. The molecule has 112 valence electrons. The van der Waals surface area contributed by atoms with Crippen molar-refractivity contribution in [1.82, 2.24) is 15.1 Å². The second kappa shape index (κ2) is 6.70. The standard InChI is InChI=1S/C15H25N3OS/c1-5-6-13-15(19)18(9-11(2)17(3)4)14(16-13)12-7-8-20-10-12/h7-8,10-11,13-14,16H,5-6,9H2,1-4H3. The number of hydrogen-bond donors (Lipinski definition) is 1. The van der Waals surface area contributed by atoms with E-state index in [1.807, 2.05) is 4.90 Å². The molecule has 5 heteroatoms. The summed E-state index contributed by atoms with van der Waals surface area (Å²) in [5.41, 5.74) is 1.20. The van der Waals surface area contributed by atoms with Gasteiger partial charge in [-0.1, -0.05) is 13.3 Å². The molecule has 0 aromatic carbocycles. The number of carbonyl (C=O) groups excluding carboxylic acids is 1. The van der Waals surface area contributed by atoms with Crippen LogP contribution in [0.2, 0.25) is 0 Å². The fraction of sp³-hybridized carbons (Fsp3) is 0.667. The van der Waals surface area contributed by atoms with Gasteiger partial charge in [-0.2, -0.15) is 11.3 Å². The number of rotatable bonds is 6. The van der Waals surface area contributed by atoms with Crippen molar-refractivity contribution in [2.45, 2.75) is 44.9 Å². The van der Waals surface area contributed by atoms with Crippen LogP contribution in [0.1, 0.15) is 38.4 Å². The second-order valence-electron chi connectivity index (χ2n) is 5.77. The Morgan fingerprint density at radius 2 is 2.25 bits per heavy atom. The highest BCUT2D eigenvalue weighted by molar-refractivity contribution is 7.07. The van der Waals surface area contributed by atoms with Gasteiger partial charge in [0.1, 0.15) is 6.17 Å². The van der Waals surface area contributed by atoms with Gasteiger partial charge in [0.05, 0.1) is 6.04 Å². The van der Waals surface area contributed by atoms with E-state index in [4.69, 9.17) is 0 Å². The molecule has 0 radical (unpaired) electrons. The van der Waals surface area contributed by atoms with Gasteiger partial charge in [-0.15, -0.1) is 0 Å². The molecule has 1 fully saturated rings. The Labute approximate surface area is 125 Å². The Hall–Kier alpha value is -0.910. The highest BCUT2D eigenvalue weighted by Gasteiger charge is 2.39. The molecule has 1 aromatic rings. The van der Waals surface area contributed by atoms with Crippen LogP contribution in [0, 0.1) is 0 Å². The minimum atomic E-state index is -0.0285. The Bertz CT molecular complexity index is 432. The van der Waals surface area contributed by atoms with Crippen molar-refractivity contribution in [3.63, 3.8) is 0 Å². The normalized spacial score (nSPS) is 24.6. The first-order chi connectivity index (χ1) is 9.54. The lowest BCUT2D eigenvalue weighted by molar-refractivity contribution is -0.130. The summed E-state index contributed by atoms with van der Waals surface area (Å²) in [5.74, 6) is 0.247. The predicted octanol–water partition coefficient (Wildman–Crippen LogP) is 2.30. The Balaban J connectivity index is 2.17. The zero-order valence-electron chi connectivity index (χ0n) is 12.8. The lowest BCUT2D eigenvalue weighted by Gasteiger charge is -2.29. The SMILES string of the molecule is CCCC1NC(c2ccsc2)N(CC(C)N(C)C)C1=O. The summed E-state index contributed by atoms with van der Waals surface area (Å²) in [6.07, 6.45) is 1.97. The molecule has 20 heavy (non-hydrogen) atoms. The van der Waals surface area contributed by atoms with E-state index in [0.29, 0.717) is 6.04 Å². The van der Waals surface area contributed by atoms with E-state index in [2.05, 4.69) is 55.0 Å². The highest BCUT2D eigenvalue weighted by Crippen LogP contribution is 2.28. The van der Waals surface area contributed by atoms with Gasteiger partial charge in [0.25, 0.3) is 0 Å². The summed E-state index contributed by atoms with van der Waals surface area (Å²) in [5, 5.41) is 7.71. The summed E-state index contributed by atoms with van der Waals surface area (Å²) >= 11 is 1.68. The molecule has 3 atom stereocenters. The van der Waals surface area contributed by atoms with Gasteiger partial charge in [0, 0.05) is 12.6 Å². The quantitative estimate of drug-likeness (QED) is 0.875. The Kier molecular flexibility index (Phi) is 5.18. The largest absolute Gasteiger partial charge is 0.320 e. The smallest absolute Gasteiger partial charge is 0.241 e. The number of carbonyl (C=O) groups is 1. The third-order valence-corrected chi connectivity index (χ3v) is 4.73. The molecule has 3 unspecified atom stereocenters. The molecule has 1 aliphatic rings. The summed E-state index contributed by atoms with van der Waals surface area (Å²) < 4.78 is 0. The molecule has 0 aliphatic carbocycles. The van der Waals surface area contributed by atoms with Crippen molar-refractivity contribution < 1.29 is 4.79 Å². The molecule has 2 heterocycles. The van der Waals surface area contributed by atoms with E-state index in [0.717, 1.165) is 19.4 Å². The Morgan fingerprint density at radius 3 is 2.80 bits per heavy atom. The predicted molar refractivity (Wildman–Crippen MR) is 83.8 cm³/mol. The molecule has 1 N–H and O–H groups in total. The van der Waals surface area contributed by atoms with E-state index in [1.165, 1.54) is 5.56 Å². The molecule has 1 aromatic heterocycles. The molecule has 0 saturated carbocycles.